The van der Waals surface area contributed by atoms with Crippen LogP contribution in [0.25, 0.3) is 0 Å². The molecule has 98 valence electrons. The summed E-state index contributed by atoms with van der Waals surface area (Å²) in [7, 11) is 0. The zero-order valence-corrected chi connectivity index (χ0v) is 11.3. The Bertz CT molecular complexity index is 229. The second kappa shape index (κ2) is 13.0. The fourth-order valence-corrected chi connectivity index (χ4v) is 1.42. The summed E-state index contributed by atoms with van der Waals surface area (Å²) >= 11 is 0. The summed E-state index contributed by atoms with van der Waals surface area (Å²) in [5.74, 6) is -0.100. The van der Waals surface area contributed by atoms with Gasteiger partial charge in [0.15, 0.2) is 0 Å². The number of carbonyl (C=O) groups is 1. The van der Waals surface area contributed by atoms with Gasteiger partial charge in [-0.15, -0.1) is 0 Å². The molecule has 0 bridgehead atoms. The van der Waals surface area contributed by atoms with Crippen molar-refractivity contribution in [3.63, 3.8) is 0 Å². The molecule has 0 atom stereocenters. The molecule has 0 unspecified atom stereocenters. The van der Waals surface area contributed by atoms with Gasteiger partial charge in [0, 0.05) is 6.42 Å². The van der Waals surface area contributed by atoms with Crippen LogP contribution in [0.1, 0.15) is 58.8 Å². The van der Waals surface area contributed by atoms with E-state index in [9.17, 15) is 4.79 Å². The summed E-state index contributed by atoms with van der Waals surface area (Å²) in [6.45, 7) is 4.52. The van der Waals surface area contributed by atoms with E-state index < -0.39 is 0 Å². The Labute approximate surface area is 106 Å². The minimum atomic E-state index is -0.100. The second-order valence-electron chi connectivity index (χ2n) is 4.01. The van der Waals surface area contributed by atoms with Crippen molar-refractivity contribution in [2.24, 2.45) is 0 Å². The summed E-state index contributed by atoms with van der Waals surface area (Å²) in [6.07, 6.45) is 15.9. The van der Waals surface area contributed by atoms with Gasteiger partial charge in [0.2, 0.25) is 0 Å². The van der Waals surface area contributed by atoms with E-state index in [4.69, 9.17) is 4.74 Å². The molecule has 0 aliphatic carbocycles. The molecule has 0 saturated heterocycles. The molecule has 2 heteroatoms. The monoisotopic (exact) mass is 238 g/mol. The van der Waals surface area contributed by atoms with Gasteiger partial charge in [0.1, 0.15) is 0 Å². The van der Waals surface area contributed by atoms with Gasteiger partial charge in [-0.3, -0.25) is 4.79 Å². The van der Waals surface area contributed by atoms with Gasteiger partial charge in [-0.1, -0.05) is 44.1 Å². The van der Waals surface area contributed by atoms with Crippen molar-refractivity contribution in [3.05, 3.63) is 24.3 Å². The van der Waals surface area contributed by atoms with Crippen LogP contribution in [-0.4, -0.2) is 12.6 Å². The first-order valence-electron chi connectivity index (χ1n) is 6.76. The Morgan fingerprint density at radius 1 is 0.941 bits per heavy atom. The highest BCUT2D eigenvalue weighted by atomic mass is 16.5. The van der Waals surface area contributed by atoms with Crippen LogP contribution in [-0.2, 0) is 9.53 Å². The topological polar surface area (TPSA) is 26.3 Å². The standard InChI is InChI=1S/C15H26O2/c1-3-5-6-7-8-9-10-11-12-13-14-15(16)17-4-2/h7-8,11-12H,3-6,9-10,13-14H2,1-2H3/b8-7+,12-11+. The smallest absolute Gasteiger partial charge is 0.306 e. The van der Waals surface area contributed by atoms with Gasteiger partial charge in [-0.25, -0.2) is 0 Å². The fourth-order valence-electron chi connectivity index (χ4n) is 1.42. The molecule has 0 radical (unpaired) electrons. The molecule has 0 saturated carbocycles. The molecule has 0 spiro atoms. The molecule has 0 N–H and O–H groups in total. The maximum absolute atomic E-state index is 11.0. The van der Waals surface area contributed by atoms with Crippen LogP contribution in [0.2, 0.25) is 0 Å². The van der Waals surface area contributed by atoms with Crippen molar-refractivity contribution in [2.45, 2.75) is 58.8 Å². The van der Waals surface area contributed by atoms with Crippen LogP contribution in [0.15, 0.2) is 24.3 Å². The molecule has 0 aromatic heterocycles. The molecular weight excluding hydrogens is 212 g/mol. The number of hydrogen-bond donors (Lipinski definition) is 0. The molecule has 0 fully saturated rings. The third kappa shape index (κ3) is 12.9. The third-order valence-electron chi connectivity index (χ3n) is 2.38. The first kappa shape index (κ1) is 16.0. The van der Waals surface area contributed by atoms with Crippen molar-refractivity contribution < 1.29 is 9.53 Å². The molecule has 0 amide bonds. The van der Waals surface area contributed by atoms with Gasteiger partial charge in [0.25, 0.3) is 0 Å². The van der Waals surface area contributed by atoms with Crippen LogP contribution in [0.5, 0.6) is 0 Å². The van der Waals surface area contributed by atoms with E-state index in [1.165, 1.54) is 19.3 Å². The predicted octanol–water partition coefficient (Wildman–Crippen LogP) is 4.41. The molecule has 0 rings (SSSR count). The van der Waals surface area contributed by atoms with Gasteiger partial charge >= 0.3 is 5.97 Å². The van der Waals surface area contributed by atoms with E-state index in [-0.39, 0.29) is 5.97 Å². The highest BCUT2D eigenvalue weighted by Crippen LogP contribution is 2.00. The summed E-state index contributed by atoms with van der Waals surface area (Å²) in [5.41, 5.74) is 0. The number of rotatable bonds is 10. The van der Waals surface area contributed by atoms with Crippen LogP contribution in [0.4, 0.5) is 0 Å². The molecule has 0 aliphatic rings. The predicted molar refractivity (Wildman–Crippen MR) is 72.9 cm³/mol. The largest absolute Gasteiger partial charge is 0.466 e. The number of ether oxygens (including phenoxy) is 1. The lowest BCUT2D eigenvalue weighted by Crippen LogP contribution is -2.02. The minimum Gasteiger partial charge on any atom is -0.466 e. The summed E-state index contributed by atoms with van der Waals surface area (Å²) in [6, 6.07) is 0. The fraction of sp³-hybridized carbons (Fsp3) is 0.667. The van der Waals surface area contributed by atoms with E-state index in [0.29, 0.717) is 13.0 Å². The average Bonchev–Trinajstić information content (AvgIpc) is 2.32. The zero-order chi connectivity index (χ0) is 12.8. The van der Waals surface area contributed by atoms with Crippen LogP contribution in [0.3, 0.4) is 0 Å². The van der Waals surface area contributed by atoms with E-state index in [1.54, 1.807) is 0 Å². The Kier molecular flexibility index (Phi) is 12.2. The number of allylic oxidation sites excluding steroid dienone is 4. The lowest BCUT2D eigenvalue weighted by molar-refractivity contribution is -0.142. The quantitative estimate of drug-likeness (QED) is 0.320. The molecule has 17 heavy (non-hydrogen) atoms. The van der Waals surface area contributed by atoms with Crippen molar-refractivity contribution in [2.75, 3.05) is 6.61 Å². The number of hydrogen-bond acceptors (Lipinski definition) is 2. The van der Waals surface area contributed by atoms with Gasteiger partial charge < -0.3 is 4.74 Å². The minimum absolute atomic E-state index is 0.100. The average molecular weight is 238 g/mol. The van der Waals surface area contributed by atoms with Crippen molar-refractivity contribution >= 4 is 5.97 Å². The van der Waals surface area contributed by atoms with Crippen LogP contribution >= 0.6 is 0 Å². The highest BCUT2D eigenvalue weighted by Gasteiger charge is 1.97. The van der Waals surface area contributed by atoms with E-state index in [2.05, 4.69) is 31.2 Å². The SMILES string of the molecule is CCCC/C=C/CC/C=C/CCC(=O)OCC. The van der Waals surface area contributed by atoms with Crippen LogP contribution < -0.4 is 0 Å². The number of esters is 1. The van der Waals surface area contributed by atoms with Crippen LogP contribution in [0, 0.1) is 0 Å². The summed E-state index contributed by atoms with van der Waals surface area (Å²) in [5, 5.41) is 0. The Balaban J connectivity index is 3.30. The number of carbonyl (C=O) groups excluding carboxylic acids is 1. The first-order valence-corrected chi connectivity index (χ1v) is 6.76. The van der Waals surface area contributed by atoms with Gasteiger partial charge in [0.05, 0.1) is 6.61 Å². The molecular formula is C15H26O2. The molecule has 2 nitrogen and oxygen atoms in total. The van der Waals surface area contributed by atoms with E-state index in [1.807, 2.05) is 6.92 Å². The lowest BCUT2D eigenvalue weighted by Gasteiger charge is -1.97. The van der Waals surface area contributed by atoms with E-state index >= 15 is 0 Å². The van der Waals surface area contributed by atoms with Gasteiger partial charge in [-0.05, 0) is 32.6 Å². The van der Waals surface area contributed by atoms with Crippen molar-refractivity contribution in [1.29, 1.82) is 0 Å². The summed E-state index contributed by atoms with van der Waals surface area (Å²) < 4.78 is 4.84. The maximum Gasteiger partial charge on any atom is 0.306 e. The number of unbranched alkanes of at least 4 members (excludes halogenated alkanes) is 3. The zero-order valence-electron chi connectivity index (χ0n) is 11.3. The Hall–Kier alpha value is -1.05. The molecule has 0 aromatic rings. The lowest BCUT2D eigenvalue weighted by atomic mass is 10.2. The molecule has 0 heterocycles. The molecule has 0 aliphatic heterocycles. The molecule has 0 aromatic carbocycles. The van der Waals surface area contributed by atoms with Gasteiger partial charge in [-0.2, -0.15) is 0 Å². The first-order chi connectivity index (χ1) is 8.31. The summed E-state index contributed by atoms with van der Waals surface area (Å²) in [4.78, 5) is 11.0. The third-order valence-corrected chi connectivity index (χ3v) is 2.38. The maximum atomic E-state index is 11.0. The Morgan fingerprint density at radius 3 is 2.12 bits per heavy atom. The van der Waals surface area contributed by atoms with Crippen molar-refractivity contribution in [1.82, 2.24) is 0 Å². The second-order valence-corrected chi connectivity index (χ2v) is 4.01. The highest BCUT2D eigenvalue weighted by molar-refractivity contribution is 5.69. The normalized spacial score (nSPS) is 11.4. The van der Waals surface area contributed by atoms with E-state index in [0.717, 1.165) is 19.3 Å². The van der Waals surface area contributed by atoms with Crippen molar-refractivity contribution in [3.8, 4) is 0 Å². The Morgan fingerprint density at radius 2 is 1.53 bits per heavy atom.